The van der Waals surface area contributed by atoms with Gasteiger partial charge in [0.2, 0.25) is 0 Å². The summed E-state index contributed by atoms with van der Waals surface area (Å²) < 4.78 is 5.08. The highest BCUT2D eigenvalue weighted by Gasteiger charge is 2.03. The van der Waals surface area contributed by atoms with E-state index in [1.807, 2.05) is 24.3 Å². The molecule has 0 radical (unpaired) electrons. The second-order valence-electron chi connectivity index (χ2n) is 4.84. The first-order valence-electron chi connectivity index (χ1n) is 7.80. The first kappa shape index (κ1) is 19.2. The smallest absolute Gasteiger partial charge is 0.338 e. The van der Waals surface area contributed by atoms with Gasteiger partial charge in [-0.2, -0.15) is 0 Å². The van der Waals surface area contributed by atoms with Crippen molar-refractivity contribution in [2.45, 2.75) is 19.8 Å². The summed E-state index contributed by atoms with van der Waals surface area (Å²) in [7, 11) is 0. The minimum absolute atomic E-state index is 0.250. The number of rotatable bonds is 6. The molecular weight excluding hydrogens is 304 g/mol. The number of carbonyl (C=O) groups excluding carboxylic acids is 1. The highest BCUT2D eigenvalue weighted by molar-refractivity contribution is 5.89. The largest absolute Gasteiger partial charge is 0.478 e. The Balaban J connectivity index is 0.000000272. The summed E-state index contributed by atoms with van der Waals surface area (Å²) in [5, 5.41) is 8.38. The van der Waals surface area contributed by atoms with Gasteiger partial charge in [0.15, 0.2) is 0 Å². The van der Waals surface area contributed by atoms with Gasteiger partial charge in [-0.25, -0.2) is 9.59 Å². The molecule has 126 valence electrons. The second kappa shape index (κ2) is 11.7. The molecule has 0 aromatic heterocycles. The van der Waals surface area contributed by atoms with Crippen LogP contribution < -0.4 is 0 Å². The van der Waals surface area contributed by atoms with E-state index in [2.05, 4.69) is 13.0 Å². The molecule has 0 heterocycles. The number of carboxylic acid groups (broad SMARTS) is 1. The molecule has 0 amide bonds. The lowest BCUT2D eigenvalue weighted by atomic mass is 10.2. The Morgan fingerprint density at radius 2 is 1.46 bits per heavy atom. The van der Waals surface area contributed by atoms with Crippen LogP contribution in [0.3, 0.4) is 0 Å². The first-order valence-corrected chi connectivity index (χ1v) is 7.80. The van der Waals surface area contributed by atoms with E-state index in [0.29, 0.717) is 17.7 Å². The van der Waals surface area contributed by atoms with Crippen LogP contribution in [0.25, 0.3) is 0 Å². The summed E-state index contributed by atoms with van der Waals surface area (Å²) in [6.07, 6.45) is 5.90. The van der Waals surface area contributed by atoms with Crippen LogP contribution in [-0.2, 0) is 4.74 Å². The molecule has 0 bridgehead atoms. The van der Waals surface area contributed by atoms with Crippen molar-refractivity contribution in [3.05, 3.63) is 83.9 Å². The zero-order chi connectivity index (χ0) is 17.6. The van der Waals surface area contributed by atoms with Crippen LogP contribution in [0.5, 0.6) is 0 Å². The summed E-state index contributed by atoms with van der Waals surface area (Å²) in [4.78, 5) is 21.6. The second-order valence-corrected chi connectivity index (χ2v) is 4.84. The van der Waals surface area contributed by atoms with Crippen molar-refractivity contribution < 1.29 is 19.4 Å². The van der Waals surface area contributed by atoms with Gasteiger partial charge in [0.05, 0.1) is 17.7 Å². The van der Waals surface area contributed by atoms with E-state index in [1.54, 1.807) is 42.5 Å². The Morgan fingerprint density at radius 1 is 0.917 bits per heavy atom. The summed E-state index contributed by atoms with van der Waals surface area (Å²) in [5.74, 6) is -1.13. The zero-order valence-corrected chi connectivity index (χ0v) is 13.7. The van der Waals surface area contributed by atoms with Crippen LogP contribution in [0, 0.1) is 0 Å². The molecule has 0 aliphatic heterocycles. The molecule has 0 saturated heterocycles. The monoisotopic (exact) mass is 326 g/mol. The van der Waals surface area contributed by atoms with Gasteiger partial charge in [0.25, 0.3) is 0 Å². The van der Waals surface area contributed by atoms with Gasteiger partial charge >= 0.3 is 11.9 Å². The van der Waals surface area contributed by atoms with Crippen molar-refractivity contribution in [1.82, 2.24) is 0 Å². The molecule has 24 heavy (non-hydrogen) atoms. The van der Waals surface area contributed by atoms with Crippen LogP contribution in [0.4, 0.5) is 0 Å². The molecule has 4 nitrogen and oxygen atoms in total. The van der Waals surface area contributed by atoms with Gasteiger partial charge < -0.3 is 9.84 Å². The maximum absolute atomic E-state index is 11.4. The third-order valence-corrected chi connectivity index (χ3v) is 2.95. The molecule has 0 fully saturated rings. The molecule has 0 atom stereocenters. The van der Waals surface area contributed by atoms with Gasteiger partial charge in [0, 0.05) is 0 Å². The van der Waals surface area contributed by atoms with E-state index < -0.39 is 5.97 Å². The van der Waals surface area contributed by atoms with Gasteiger partial charge in [-0.15, -0.1) is 0 Å². The Morgan fingerprint density at radius 3 is 1.92 bits per heavy atom. The Bertz CT molecular complexity index is 633. The molecule has 4 heteroatoms. The third-order valence-electron chi connectivity index (χ3n) is 2.95. The van der Waals surface area contributed by atoms with Gasteiger partial charge in [-0.05, 0) is 37.1 Å². The average Bonchev–Trinajstić information content (AvgIpc) is 2.63. The summed E-state index contributed by atoms with van der Waals surface area (Å²) in [6, 6.07) is 17.3. The van der Waals surface area contributed by atoms with E-state index in [0.717, 1.165) is 12.8 Å². The number of allylic oxidation sites excluding steroid dienone is 1. The molecule has 0 aliphatic carbocycles. The standard InChI is InChI=1S/C13H16O2.C7H6O2/c1-2-3-4-8-11-15-13(14)12-9-6-5-7-10-12;8-7(9)6-4-2-1-3-5-6/h3-7,9-10H,2,8,11H2,1H3;1-5H,(H,8,9). The van der Waals surface area contributed by atoms with Crippen LogP contribution in [0.15, 0.2) is 72.8 Å². The summed E-state index contributed by atoms with van der Waals surface area (Å²) >= 11 is 0. The summed E-state index contributed by atoms with van der Waals surface area (Å²) in [5.41, 5.74) is 0.939. The number of carboxylic acids is 1. The fourth-order valence-electron chi connectivity index (χ4n) is 1.74. The van der Waals surface area contributed by atoms with Crippen LogP contribution in [-0.4, -0.2) is 23.7 Å². The van der Waals surface area contributed by atoms with Crippen LogP contribution in [0.2, 0.25) is 0 Å². The van der Waals surface area contributed by atoms with E-state index in [1.165, 1.54) is 0 Å². The number of esters is 1. The molecule has 2 aromatic rings. The minimum atomic E-state index is -0.879. The third kappa shape index (κ3) is 7.94. The SMILES string of the molecule is CCC=CCCOC(=O)c1ccccc1.O=C(O)c1ccccc1. The van der Waals surface area contributed by atoms with E-state index >= 15 is 0 Å². The number of aromatic carboxylic acids is 1. The van der Waals surface area contributed by atoms with Gasteiger partial charge in [0.1, 0.15) is 0 Å². The Labute approximate surface area is 142 Å². The number of benzene rings is 2. The lowest BCUT2D eigenvalue weighted by molar-refractivity contribution is 0.0511. The molecule has 0 unspecified atom stereocenters. The van der Waals surface area contributed by atoms with E-state index in [4.69, 9.17) is 9.84 Å². The van der Waals surface area contributed by atoms with E-state index in [-0.39, 0.29) is 5.97 Å². The normalized spacial score (nSPS) is 9.88. The maximum Gasteiger partial charge on any atom is 0.338 e. The molecule has 1 N–H and O–H groups in total. The fourth-order valence-corrected chi connectivity index (χ4v) is 1.74. The van der Waals surface area contributed by atoms with Crippen molar-refractivity contribution in [1.29, 1.82) is 0 Å². The number of hydrogen-bond donors (Lipinski definition) is 1. The zero-order valence-electron chi connectivity index (χ0n) is 13.7. The maximum atomic E-state index is 11.4. The predicted octanol–water partition coefficient (Wildman–Crippen LogP) is 4.58. The minimum Gasteiger partial charge on any atom is -0.478 e. The molecule has 0 spiro atoms. The van der Waals surface area contributed by atoms with Crippen molar-refractivity contribution in [2.75, 3.05) is 6.61 Å². The van der Waals surface area contributed by atoms with Crippen LogP contribution >= 0.6 is 0 Å². The van der Waals surface area contributed by atoms with E-state index in [9.17, 15) is 9.59 Å². The molecular formula is C20H22O4. The average molecular weight is 326 g/mol. The van der Waals surface area contributed by atoms with Crippen molar-refractivity contribution in [3.8, 4) is 0 Å². The van der Waals surface area contributed by atoms with Gasteiger partial charge in [-0.3, -0.25) is 0 Å². The topological polar surface area (TPSA) is 63.6 Å². The summed E-state index contributed by atoms with van der Waals surface area (Å²) in [6.45, 7) is 2.52. The number of hydrogen-bond acceptors (Lipinski definition) is 3. The molecule has 2 rings (SSSR count). The highest BCUT2D eigenvalue weighted by atomic mass is 16.5. The van der Waals surface area contributed by atoms with Gasteiger partial charge in [-0.1, -0.05) is 55.5 Å². The lowest BCUT2D eigenvalue weighted by Crippen LogP contribution is -2.05. The van der Waals surface area contributed by atoms with Crippen molar-refractivity contribution >= 4 is 11.9 Å². The van der Waals surface area contributed by atoms with Crippen LogP contribution in [0.1, 0.15) is 40.5 Å². The highest BCUT2D eigenvalue weighted by Crippen LogP contribution is 2.01. The molecule has 0 saturated carbocycles. The Hall–Kier alpha value is -2.88. The fraction of sp³-hybridized carbons (Fsp3) is 0.200. The molecule has 0 aliphatic rings. The van der Waals surface area contributed by atoms with Crippen molar-refractivity contribution in [2.24, 2.45) is 0 Å². The lowest BCUT2D eigenvalue weighted by Gasteiger charge is -2.02. The molecule has 2 aromatic carbocycles. The first-order chi connectivity index (χ1) is 11.6. The van der Waals surface area contributed by atoms with Crippen molar-refractivity contribution in [3.63, 3.8) is 0 Å². The quantitative estimate of drug-likeness (QED) is 0.479. The Kier molecular flexibility index (Phi) is 9.31. The number of ether oxygens (including phenoxy) is 1. The predicted molar refractivity (Wildman–Crippen MR) is 94.2 cm³/mol. The number of carbonyl (C=O) groups is 2.